The first-order valence-electron chi connectivity index (χ1n) is 10.6. The Bertz CT molecular complexity index is 1310. The number of aromatic amines is 1. The molecular formula is C26H21N3O3. The van der Waals surface area contributed by atoms with Crippen molar-refractivity contribution in [3.8, 4) is 22.8 Å². The lowest BCUT2D eigenvalue weighted by atomic mass is 9.95. The van der Waals surface area contributed by atoms with Crippen LogP contribution in [0.4, 0.5) is 0 Å². The van der Waals surface area contributed by atoms with Gasteiger partial charge in [0.05, 0.1) is 11.7 Å². The van der Waals surface area contributed by atoms with Crippen molar-refractivity contribution in [2.75, 3.05) is 6.79 Å². The zero-order valence-corrected chi connectivity index (χ0v) is 17.5. The molecule has 158 valence electrons. The molecule has 1 unspecified atom stereocenters. The van der Waals surface area contributed by atoms with Gasteiger partial charge >= 0.3 is 0 Å². The largest absolute Gasteiger partial charge is 0.454 e. The van der Waals surface area contributed by atoms with Crippen molar-refractivity contribution in [2.45, 2.75) is 19.5 Å². The number of nitrogens with one attached hydrogen (secondary N) is 1. The van der Waals surface area contributed by atoms with Gasteiger partial charge in [-0.15, -0.1) is 0 Å². The molecule has 6 nitrogen and oxygen atoms in total. The normalized spacial score (nSPS) is 16.5. The molecule has 0 aliphatic carbocycles. The number of benzene rings is 3. The smallest absolute Gasteiger partial charge is 0.273 e. The van der Waals surface area contributed by atoms with Crippen molar-refractivity contribution in [1.29, 1.82) is 0 Å². The van der Waals surface area contributed by atoms with Gasteiger partial charge in [0.25, 0.3) is 5.91 Å². The number of amides is 1. The molecule has 6 rings (SSSR count). The third-order valence-corrected chi connectivity index (χ3v) is 6.09. The highest BCUT2D eigenvalue weighted by Crippen LogP contribution is 2.44. The van der Waals surface area contributed by atoms with Gasteiger partial charge in [-0.05, 0) is 30.2 Å². The Labute approximate surface area is 185 Å². The molecule has 0 bridgehead atoms. The van der Waals surface area contributed by atoms with E-state index in [0.717, 1.165) is 33.7 Å². The lowest BCUT2D eigenvalue weighted by Gasteiger charge is -2.26. The fourth-order valence-corrected chi connectivity index (χ4v) is 4.51. The third kappa shape index (κ3) is 2.95. The minimum atomic E-state index is -0.237. The number of hydrogen-bond donors (Lipinski definition) is 1. The second-order valence-electron chi connectivity index (χ2n) is 8.16. The highest BCUT2D eigenvalue weighted by atomic mass is 16.7. The van der Waals surface area contributed by atoms with E-state index in [4.69, 9.17) is 9.47 Å². The maximum absolute atomic E-state index is 13.5. The molecular weight excluding hydrogens is 402 g/mol. The van der Waals surface area contributed by atoms with Gasteiger partial charge in [-0.2, -0.15) is 5.10 Å². The minimum absolute atomic E-state index is 0.0580. The summed E-state index contributed by atoms with van der Waals surface area (Å²) in [6.07, 6.45) is 0. The van der Waals surface area contributed by atoms with E-state index in [9.17, 15) is 4.79 Å². The van der Waals surface area contributed by atoms with Crippen molar-refractivity contribution in [2.24, 2.45) is 0 Å². The van der Waals surface area contributed by atoms with Crippen molar-refractivity contribution >= 4 is 5.91 Å². The average Bonchev–Trinajstić information content (AvgIpc) is 3.52. The summed E-state index contributed by atoms with van der Waals surface area (Å²) in [6, 6.07) is 23.9. The van der Waals surface area contributed by atoms with Gasteiger partial charge in [0.1, 0.15) is 5.69 Å². The molecule has 2 aliphatic rings. The van der Waals surface area contributed by atoms with Crippen LogP contribution in [-0.2, 0) is 6.54 Å². The number of carbonyl (C=O) groups is 1. The van der Waals surface area contributed by atoms with Crippen LogP contribution >= 0.6 is 0 Å². The Hall–Kier alpha value is -4.06. The van der Waals surface area contributed by atoms with Crippen LogP contribution in [0, 0.1) is 6.92 Å². The maximum atomic E-state index is 13.5. The molecule has 1 amide bonds. The van der Waals surface area contributed by atoms with Crippen molar-refractivity contribution in [3.63, 3.8) is 0 Å². The fourth-order valence-electron chi connectivity index (χ4n) is 4.51. The molecule has 2 aliphatic heterocycles. The number of rotatable bonds is 4. The predicted molar refractivity (Wildman–Crippen MR) is 119 cm³/mol. The zero-order valence-electron chi connectivity index (χ0n) is 17.5. The van der Waals surface area contributed by atoms with Gasteiger partial charge in [-0.3, -0.25) is 9.89 Å². The highest BCUT2D eigenvalue weighted by molar-refractivity contribution is 6.00. The van der Waals surface area contributed by atoms with Crippen molar-refractivity contribution < 1.29 is 14.3 Å². The van der Waals surface area contributed by atoms with Crippen LogP contribution < -0.4 is 9.47 Å². The fraction of sp³-hybridized carbons (Fsp3) is 0.154. The standard InChI is InChI=1S/C26H21N3O3/c1-16-7-10-18(11-8-16)23-22-24(28-27-23)26(30)29(25(22)19-5-3-2-4-6-19)14-17-9-12-20-21(13-17)32-15-31-20/h2-13,25H,14-15H2,1H3,(H,27,28). The first kappa shape index (κ1) is 18.7. The molecule has 0 fully saturated rings. The molecule has 3 heterocycles. The molecule has 6 heteroatoms. The van der Waals surface area contributed by atoms with Crippen LogP contribution in [-0.4, -0.2) is 27.8 Å². The van der Waals surface area contributed by atoms with E-state index in [2.05, 4.69) is 53.5 Å². The first-order valence-corrected chi connectivity index (χ1v) is 10.6. The monoisotopic (exact) mass is 423 g/mol. The second kappa shape index (κ2) is 7.27. The predicted octanol–water partition coefficient (Wildman–Crippen LogP) is 4.86. The van der Waals surface area contributed by atoms with E-state index < -0.39 is 0 Å². The van der Waals surface area contributed by atoms with E-state index in [1.165, 1.54) is 5.56 Å². The van der Waals surface area contributed by atoms with Crippen LogP contribution in [0.25, 0.3) is 11.3 Å². The first-order chi connectivity index (χ1) is 15.7. The van der Waals surface area contributed by atoms with Crippen molar-refractivity contribution in [3.05, 3.63) is 101 Å². The summed E-state index contributed by atoms with van der Waals surface area (Å²) in [5.74, 6) is 1.39. The topological polar surface area (TPSA) is 67.5 Å². The molecule has 0 saturated carbocycles. The zero-order chi connectivity index (χ0) is 21.7. The van der Waals surface area contributed by atoms with Crippen LogP contribution in [0.2, 0.25) is 0 Å². The van der Waals surface area contributed by atoms with Gasteiger partial charge in [-0.25, -0.2) is 0 Å². The quantitative estimate of drug-likeness (QED) is 0.509. The van der Waals surface area contributed by atoms with Crippen LogP contribution in [0.3, 0.4) is 0 Å². The summed E-state index contributed by atoms with van der Waals surface area (Å²) >= 11 is 0. The number of carbonyl (C=O) groups excluding carboxylic acids is 1. The molecule has 1 atom stereocenters. The van der Waals surface area contributed by atoms with E-state index in [-0.39, 0.29) is 18.7 Å². The van der Waals surface area contributed by atoms with Crippen LogP contribution in [0.15, 0.2) is 72.8 Å². The van der Waals surface area contributed by atoms with Gasteiger partial charge in [0, 0.05) is 17.7 Å². The van der Waals surface area contributed by atoms with E-state index in [1.54, 1.807) is 0 Å². The highest BCUT2D eigenvalue weighted by Gasteiger charge is 2.42. The number of fused-ring (bicyclic) bond motifs is 2. The molecule has 1 N–H and O–H groups in total. The average molecular weight is 423 g/mol. The number of H-pyrrole nitrogens is 1. The second-order valence-corrected chi connectivity index (χ2v) is 8.16. The van der Waals surface area contributed by atoms with Gasteiger partial charge in [0.2, 0.25) is 6.79 Å². The minimum Gasteiger partial charge on any atom is -0.454 e. The lowest BCUT2D eigenvalue weighted by molar-refractivity contribution is 0.0730. The third-order valence-electron chi connectivity index (χ3n) is 6.09. The summed E-state index contributed by atoms with van der Waals surface area (Å²) in [5.41, 5.74) is 6.50. The number of aryl methyl sites for hydroxylation is 1. The summed E-state index contributed by atoms with van der Waals surface area (Å²) < 4.78 is 11.0. The Morgan fingerprint density at radius 3 is 2.59 bits per heavy atom. The molecule has 4 aromatic rings. The summed E-state index contributed by atoms with van der Waals surface area (Å²) in [4.78, 5) is 15.4. The van der Waals surface area contributed by atoms with E-state index in [0.29, 0.717) is 18.0 Å². The Balaban J connectivity index is 1.45. The molecule has 3 aromatic carbocycles. The lowest BCUT2D eigenvalue weighted by Crippen LogP contribution is -2.29. The van der Waals surface area contributed by atoms with Gasteiger partial charge < -0.3 is 14.4 Å². The van der Waals surface area contributed by atoms with Crippen molar-refractivity contribution in [1.82, 2.24) is 15.1 Å². The Morgan fingerprint density at radius 2 is 1.78 bits per heavy atom. The molecule has 32 heavy (non-hydrogen) atoms. The number of ether oxygens (including phenoxy) is 2. The summed E-state index contributed by atoms with van der Waals surface area (Å²) in [6.45, 7) is 2.73. The van der Waals surface area contributed by atoms with Crippen LogP contribution in [0.1, 0.15) is 38.8 Å². The Morgan fingerprint density at radius 1 is 1.00 bits per heavy atom. The van der Waals surface area contributed by atoms with Gasteiger partial charge in [0.15, 0.2) is 11.5 Å². The molecule has 0 spiro atoms. The maximum Gasteiger partial charge on any atom is 0.273 e. The SMILES string of the molecule is Cc1ccc(-c2n[nH]c3c2C(c2ccccc2)N(Cc2ccc4c(c2)OCO4)C3=O)cc1. The number of aromatic nitrogens is 2. The van der Waals surface area contributed by atoms with Gasteiger partial charge in [-0.1, -0.05) is 66.2 Å². The summed E-state index contributed by atoms with van der Waals surface area (Å²) in [5, 5.41) is 7.56. The summed E-state index contributed by atoms with van der Waals surface area (Å²) in [7, 11) is 0. The molecule has 0 radical (unpaired) electrons. The molecule has 0 saturated heterocycles. The van der Waals surface area contributed by atoms with Crippen LogP contribution in [0.5, 0.6) is 11.5 Å². The number of nitrogens with zero attached hydrogens (tertiary/aromatic N) is 2. The van der Waals surface area contributed by atoms with E-state index >= 15 is 0 Å². The molecule has 1 aromatic heterocycles. The number of hydrogen-bond acceptors (Lipinski definition) is 4. The Kier molecular flexibility index (Phi) is 4.24. The van der Waals surface area contributed by atoms with E-state index in [1.807, 2.05) is 41.3 Å².